The number of benzene rings is 2. The second kappa shape index (κ2) is 10.6. The van der Waals surface area contributed by atoms with Crippen LogP contribution in [0.25, 0.3) is 0 Å². The molecule has 214 valence electrons. The summed E-state index contributed by atoms with van der Waals surface area (Å²) in [5.41, 5.74) is 4.10. The number of amides is 2. The zero-order chi connectivity index (χ0) is 28.8. The van der Waals surface area contributed by atoms with Crippen LogP contribution in [0.15, 0.2) is 48.7 Å². The molecule has 0 spiro atoms. The monoisotopic (exact) mass is 573 g/mol. The summed E-state index contributed by atoms with van der Waals surface area (Å²) in [6.45, 7) is 5.93. The fourth-order valence-electron chi connectivity index (χ4n) is 6.09. The number of likely N-dealkylation sites (tertiary alicyclic amines) is 1. The average Bonchev–Trinajstić information content (AvgIpc) is 3.74. The lowest BCUT2D eigenvalue weighted by atomic mass is 9.83. The molecule has 0 unspecified atom stereocenters. The molecule has 3 heterocycles. The molecule has 6 rings (SSSR count). The molecule has 1 aliphatic carbocycles. The molecule has 3 aromatic rings. The number of piperidine rings is 1. The Bertz CT molecular complexity index is 1480. The topological polar surface area (TPSA) is 111 Å². The molecule has 1 saturated heterocycles. The molecule has 9 nitrogen and oxygen atoms in total. The minimum absolute atomic E-state index is 0.00546. The van der Waals surface area contributed by atoms with Gasteiger partial charge in [0, 0.05) is 31.0 Å². The molecule has 2 amide bonds. The second-order valence-corrected chi connectivity index (χ2v) is 12.2. The maximum atomic E-state index is 12.8. The van der Waals surface area contributed by atoms with E-state index >= 15 is 0 Å². The van der Waals surface area contributed by atoms with E-state index in [1.165, 1.54) is 5.56 Å². The third-order valence-corrected chi connectivity index (χ3v) is 9.12. The van der Waals surface area contributed by atoms with Gasteiger partial charge in [-0.05, 0) is 87.4 Å². The number of likely N-dealkylation sites (N-methyl/N-ethyl adjacent to an activating group) is 1. The zero-order valence-corrected chi connectivity index (χ0v) is 24.4. The predicted molar refractivity (Wildman–Crippen MR) is 162 cm³/mol. The first kappa shape index (κ1) is 27.5. The van der Waals surface area contributed by atoms with Crippen LogP contribution >= 0.6 is 11.6 Å². The lowest BCUT2D eigenvalue weighted by molar-refractivity contribution is -0.135. The predicted octanol–water partition coefficient (Wildman–Crippen LogP) is 5.17. The van der Waals surface area contributed by atoms with Gasteiger partial charge in [-0.2, -0.15) is 4.98 Å². The number of fused-ring (bicyclic) bond motifs is 1. The number of nitrogens with zero attached hydrogens (tertiary/aromatic N) is 3. The summed E-state index contributed by atoms with van der Waals surface area (Å²) in [7, 11) is 1.89. The van der Waals surface area contributed by atoms with Crippen LogP contribution < -0.4 is 21.3 Å². The summed E-state index contributed by atoms with van der Waals surface area (Å²) in [5.74, 6) is 1.65. The quantitative estimate of drug-likeness (QED) is 0.294. The molecule has 41 heavy (non-hydrogen) atoms. The van der Waals surface area contributed by atoms with E-state index in [0.717, 1.165) is 61.3 Å². The molecule has 4 N–H and O–H groups in total. The largest absolute Gasteiger partial charge is 0.365 e. The lowest BCUT2D eigenvalue weighted by Gasteiger charge is -2.34. The van der Waals surface area contributed by atoms with Crippen molar-refractivity contribution in [2.45, 2.75) is 62.9 Å². The van der Waals surface area contributed by atoms with Gasteiger partial charge in [-0.15, -0.1) is 0 Å². The first-order valence-corrected chi connectivity index (χ1v) is 14.6. The Morgan fingerprint density at radius 3 is 2.54 bits per heavy atom. The lowest BCUT2D eigenvalue weighted by Crippen LogP contribution is -2.49. The van der Waals surface area contributed by atoms with Gasteiger partial charge in [-0.1, -0.05) is 35.9 Å². The highest BCUT2D eigenvalue weighted by atomic mass is 35.5. The number of halogens is 1. The molecule has 2 aliphatic heterocycles. The van der Waals surface area contributed by atoms with Crippen LogP contribution in [0.1, 0.15) is 62.1 Å². The van der Waals surface area contributed by atoms with Crippen molar-refractivity contribution in [1.82, 2.24) is 20.2 Å². The molecule has 2 aromatic carbocycles. The van der Waals surface area contributed by atoms with Crippen LogP contribution in [0.5, 0.6) is 0 Å². The normalized spacial score (nSPS) is 18.9. The van der Waals surface area contributed by atoms with Crippen molar-refractivity contribution in [1.29, 1.82) is 0 Å². The summed E-state index contributed by atoms with van der Waals surface area (Å²) in [4.78, 5) is 36.3. The van der Waals surface area contributed by atoms with Gasteiger partial charge in [0.1, 0.15) is 5.02 Å². The van der Waals surface area contributed by atoms with Crippen LogP contribution in [0.3, 0.4) is 0 Å². The van der Waals surface area contributed by atoms with E-state index in [-0.39, 0.29) is 17.4 Å². The number of hydrogen-bond acceptors (Lipinski definition) is 7. The Morgan fingerprint density at radius 2 is 1.85 bits per heavy atom. The third kappa shape index (κ3) is 5.24. The van der Waals surface area contributed by atoms with Crippen LogP contribution in [-0.2, 0) is 21.5 Å². The summed E-state index contributed by atoms with van der Waals surface area (Å²) in [6, 6.07) is 14.2. The fourth-order valence-corrected chi connectivity index (χ4v) is 6.25. The highest BCUT2D eigenvalue weighted by molar-refractivity contribution is 6.32. The van der Waals surface area contributed by atoms with Crippen molar-refractivity contribution < 1.29 is 9.59 Å². The van der Waals surface area contributed by atoms with Crippen LogP contribution in [0.4, 0.5) is 23.1 Å². The van der Waals surface area contributed by atoms with Crippen LogP contribution in [-0.4, -0.2) is 52.4 Å². The van der Waals surface area contributed by atoms with Crippen LogP contribution in [0, 0.1) is 0 Å². The highest BCUT2D eigenvalue weighted by Crippen LogP contribution is 2.40. The molecule has 10 heteroatoms. The minimum atomic E-state index is -0.609. The van der Waals surface area contributed by atoms with E-state index in [1.807, 2.05) is 56.1 Å². The van der Waals surface area contributed by atoms with Crippen molar-refractivity contribution in [3.63, 3.8) is 0 Å². The molecule has 3 aliphatic rings. The number of nitrogens with one attached hydrogen (secondary N) is 4. The summed E-state index contributed by atoms with van der Waals surface area (Å²) in [6.07, 6.45) is 5.41. The first-order valence-electron chi connectivity index (χ1n) is 14.3. The van der Waals surface area contributed by atoms with E-state index in [9.17, 15) is 9.59 Å². The summed E-state index contributed by atoms with van der Waals surface area (Å²) >= 11 is 6.43. The van der Waals surface area contributed by atoms with Gasteiger partial charge in [0.2, 0.25) is 17.8 Å². The highest BCUT2D eigenvalue weighted by Gasteiger charge is 2.50. The zero-order valence-electron chi connectivity index (χ0n) is 23.7. The van der Waals surface area contributed by atoms with Crippen molar-refractivity contribution in [2.24, 2.45) is 0 Å². The Balaban J connectivity index is 1.07. The van der Waals surface area contributed by atoms with Crippen LogP contribution in [0.2, 0.25) is 5.02 Å². The molecule has 0 bridgehead atoms. The van der Waals surface area contributed by atoms with E-state index in [2.05, 4.69) is 43.4 Å². The van der Waals surface area contributed by atoms with Gasteiger partial charge in [0.25, 0.3) is 0 Å². The van der Waals surface area contributed by atoms with Crippen molar-refractivity contribution in [2.75, 3.05) is 36.1 Å². The van der Waals surface area contributed by atoms with E-state index in [0.29, 0.717) is 29.3 Å². The van der Waals surface area contributed by atoms with Crippen molar-refractivity contribution in [3.05, 3.63) is 70.4 Å². The smallest absolute Gasteiger partial charge is 0.242 e. The molecular formula is C31H36ClN7O2. The summed E-state index contributed by atoms with van der Waals surface area (Å²) in [5, 5.41) is 13.2. The molecule has 0 atom stereocenters. The maximum absolute atomic E-state index is 12.8. The van der Waals surface area contributed by atoms with Gasteiger partial charge < -0.3 is 26.2 Å². The Kier molecular flexibility index (Phi) is 7.11. The molecule has 1 saturated carbocycles. The number of anilines is 4. The van der Waals surface area contributed by atoms with Gasteiger partial charge >= 0.3 is 0 Å². The number of aromatic nitrogens is 2. The van der Waals surface area contributed by atoms with E-state index < -0.39 is 5.41 Å². The second-order valence-electron chi connectivity index (χ2n) is 11.8. The number of rotatable bonds is 8. The Labute approximate surface area is 245 Å². The Hall–Kier alpha value is -3.69. The van der Waals surface area contributed by atoms with E-state index in [4.69, 9.17) is 11.6 Å². The SMILES string of the molecule is CNC1(C(=O)N2CCC(c3ccc(Nc4ncc(Cl)c(NCc5cccc6c5C(C)(C)C(=O)N6)n4)cc3)CC2)CC1. The number of carbonyl (C=O) groups excluding carboxylic acids is 2. The van der Waals surface area contributed by atoms with Gasteiger partial charge in [-0.25, -0.2) is 4.98 Å². The first-order chi connectivity index (χ1) is 19.7. The molecular weight excluding hydrogens is 538 g/mol. The number of hydrogen-bond donors (Lipinski definition) is 4. The van der Waals surface area contributed by atoms with Crippen molar-refractivity contribution in [3.8, 4) is 0 Å². The third-order valence-electron chi connectivity index (χ3n) is 8.84. The van der Waals surface area contributed by atoms with Crippen molar-refractivity contribution >= 4 is 46.6 Å². The standard InChI is InChI=1S/C31H36ClN7O2/c1-30(2)25-21(5-4-6-24(25)37-27(30)40)17-34-26-23(32)18-35-29(38-26)36-22-9-7-19(8-10-22)20-11-15-39(16-12-20)28(41)31(33-3)13-14-31/h4-10,18,20,33H,11-17H2,1-3H3,(H,37,40)(H2,34,35,36,38). The fraction of sp³-hybridized carbons (Fsp3) is 0.419. The van der Waals surface area contributed by atoms with Gasteiger partial charge in [0.15, 0.2) is 5.82 Å². The Morgan fingerprint density at radius 1 is 1.12 bits per heavy atom. The minimum Gasteiger partial charge on any atom is -0.365 e. The van der Waals surface area contributed by atoms with Gasteiger partial charge in [-0.3, -0.25) is 9.59 Å². The molecule has 2 fully saturated rings. The molecule has 0 radical (unpaired) electrons. The van der Waals surface area contributed by atoms with E-state index in [1.54, 1.807) is 6.20 Å². The summed E-state index contributed by atoms with van der Waals surface area (Å²) < 4.78 is 0. The average molecular weight is 574 g/mol. The van der Waals surface area contributed by atoms with Gasteiger partial charge in [0.05, 0.1) is 17.2 Å². The molecule has 1 aromatic heterocycles. The number of carbonyl (C=O) groups is 2. The maximum Gasteiger partial charge on any atom is 0.242 e.